The highest BCUT2D eigenvalue weighted by atomic mass is 31.2. The van der Waals surface area contributed by atoms with Crippen LogP contribution >= 0.6 is 7.82 Å². The molecule has 6 unspecified atom stereocenters. The molecule has 13 nitrogen and oxygen atoms in total. The second kappa shape index (κ2) is 41.6. The van der Waals surface area contributed by atoms with Gasteiger partial charge in [0, 0.05) is 12.8 Å². The van der Waals surface area contributed by atoms with Gasteiger partial charge in [-0.15, -0.1) is 0 Å². The molecule has 0 amide bonds. The summed E-state index contributed by atoms with van der Waals surface area (Å²) in [4.78, 5) is 35.8. The van der Waals surface area contributed by atoms with Gasteiger partial charge < -0.3 is 39.9 Å². The van der Waals surface area contributed by atoms with E-state index in [1.165, 1.54) is 173 Å². The third kappa shape index (κ3) is 33.7. The lowest BCUT2D eigenvalue weighted by Gasteiger charge is -2.41. The number of rotatable bonds is 45. The van der Waals surface area contributed by atoms with E-state index in [0.717, 1.165) is 32.1 Å². The summed E-state index contributed by atoms with van der Waals surface area (Å²) in [6.45, 7) is 3.31. The van der Waals surface area contributed by atoms with Crippen molar-refractivity contribution in [1.29, 1.82) is 0 Å². The summed E-state index contributed by atoms with van der Waals surface area (Å²) in [6, 6.07) is 0. The Balaban J connectivity index is 2.37. The van der Waals surface area contributed by atoms with Crippen LogP contribution in [0.1, 0.15) is 245 Å². The maximum absolute atomic E-state index is 12.8. The van der Waals surface area contributed by atoms with Gasteiger partial charge in [-0.05, 0) is 25.7 Å². The minimum absolute atomic E-state index is 0.0886. The number of unbranched alkanes of at least 4 members (excludes halogenated alkanes) is 31. The first-order valence-corrected chi connectivity index (χ1v) is 28.0. The lowest BCUT2D eigenvalue weighted by Crippen LogP contribution is -2.64. The number of carbonyl (C=O) groups is 2. The van der Waals surface area contributed by atoms with Gasteiger partial charge in [-0.3, -0.25) is 18.6 Å². The van der Waals surface area contributed by atoms with Gasteiger partial charge in [0.2, 0.25) is 0 Å². The largest absolute Gasteiger partial charge is 0.472 e. The van der Waals surface area contributed by atoms with Crippen LogP contribution in [-0.2, 0) is 32.7 Å². The summed E-state index contributed by atoms with van der Waals surface area (Å²) in [5, 5.41) is 50.3. The van der Waals surface area contributed by atoms with Gasteiger partial charge in [0.1, 0.15) is 43.2 Å². The molecule has 0 aliphatic heterocycles. The van der Waals surface area contributed by atoms with Gasteiger partial charge >= 0.3 is 19.8 Å². The number of aliphatic hydroxyl groups is 5. The topological polar surface area (TPSA) is 210 Å². The van der Waals surface area contributed by atoms with Crippen LogP contribution in [-0.4, -0.2) is 98.3 Å². The summed E-state index contributed by atoms with van der Waals surface area (Å²) in [5.74, 6) is -1.14. The normalized spacial score (nSPS) is 21.4. The van der Waals surface area contributed by atoms with Gasteiger partial charge in [-0.2, -0.15) is 0 Å². The highest BCUT2D eigenvalue weighted by Crippen LogP contribution is 2.47. The van der Waals surface area contributed by atoms with Crippen LogP contribution in [0.15, 0.2) is 12.2 Å². The molecular weight excluding hydrogens is 852 g/mol. The van der Waals surface area contributed by atoms with Crippen molar-refractivity contribution in [1.82, 2.24) is 0 Å². The lowest BCUT2D eigenvalue weighted by atomic mass is 9.85. The Kier molecular flexibility index (Phi) is 39.4. The quantitative estimate of drug-likeness (QED) is 0.0145. The molecule has 0 spiro atoms. The molecule has 0 aromatic heterocycles. The number of allylic oxidation sites excluding steroid dienone is 2. The first-order valence-electron chi connectivity index (χ1n) is 26.5. The van der Waals surface area contributed by atoms with E-state index in [-0.39, 0.29) is 12.8 Å². The predicted octanol–water partition coefficient (Wildman–Crippen LogP) is 11.4. The Labute approximate surface area is 394 Å². The standard InChI is InChI=1S/C51H97O13P/c1-3-5-7-9-11-13-15-17-19-20-21-22-23-24-26-28-30-32-34-36-38-40-45(53)63-43(42-62-65(59,60)64-51-49(57)47(55)46(54)48(56)50(51)58)41-61-44(52)39-37-35-33-31-29-27-25-18-16-14-12-10-8-6-4-2/h33,35,43,46-51,54-58H,3-32,34,36-42H2,1-2H3,(H,59,60)/b35-33+/t43-,46?,47-,48?,49?,50?,51?/m1/s1. The maximum atomic E-state index is 12.8. The molecule has 0 heterocycles. The molecule has 0 aromatic rings. The van der Waals surface area contributed by atoms with E-state index in [0.29, 0.717) is 12.8 Å². The molecule has 1 saturated carbocycles. The third-order valence-corrected chi connectivity index (χ3v) is 13.6. The zero-order valence-corrected chi connectivity index (χ0v) is 41.9. The Morgan fingerprint density at radius 2 is 0.815 bits per heavy atom. The molecule has 6 N–H and O–H groups in total. The Hall–Kier alpha value is -1.41. The lowest BCUT2D eigenvalue weighted by molar-refractivity contribution is -0.220. The summed E-state index contributed by atoms with van der Waals surface area (Å²) in [6.07, 6.45) is 32.8. The molecule has 0 bridgehead atoms. The molecule has 65 heavy (non-hydrogen) atoms. The second-order valence-electron chi connectivity index (χ2n) is 18.7. The van der Waals surface area contributed by atoms with Gasteiger partial charge in [0.25, 0.3) is 0 Å². The summed E-state index contributed by atoms with van der Waals surface area (Å²) >= 11 is 0. The van der Waals surface area contributed by atoms with Gasteiger partial charge in [-0.1, -0.05) is 219 Å². The Morgan fingerprint density at radius 3 is 1.23 bits per heavy atom. The number of hydrogen-bond donors (Lipinski definition) is 6. The maximum Gasteiger partial charge on any atom is 0.472 e. The van der Waals surface area contributed by atoms with Crippen molar-refractivity contribution in [2.24, 2.45) is 0 Å². The summed E-state index contributed by atoms with van der Waals surface area (Å²) in [7, 11) is -5.12. The molecule has 1 aliphatic carbocycles. The molecule has 0 saturated heterocycles. The molecule has 8 atom stereocenters. The Bertz CT molecular complexity index is 1190. The van der Waals surface area contributed by atoms with Crippen molar-refractivity contribution in [2.45, 2.75) is 288 Å². The molecule has 1 fully saturated rings. The first kappa shape index (κ1) is 61.6. The minimum atomic E-state index is -5.12. The van der Waals surface area contributed by atoms with Gasteiger partial charge in [0.05, 0.1) is 6.61 Å². The monoisotopic (exact) mass is 949 g/mol. The zero-order chi connectivity index (χ0) is 47.8. The van der Waals surface area contributed by atoms with E-state index in [4.69, 9.17) is 18.5 Å². The van der Waals surface area contributed by atoms with E-state index < -0.39 is 75.7 Å². The summed E-state index contributed by atoms with van der Waals surface area (Å²) in [5.41, 5.74) is 0. The fraction of sp³-hybridized carbons (Fsp3) is 0.922. The van der Waals surface area contributed by atoms with Crippen LogP contribution in [0.25, 0.3) is 0 Å². The number of carbonyl (C=O) groups excluding carboxylic acids is 2. The molecule has 384 valence electrons. The highest BCUT2D eigenvalue weighted by Gasteiger charge is 2.51. The van der Waals surface area contributed by atoms with Crippen LogP contribution in [0, 0.1) is 0 Å². The van der Waals surface area contributed by atoms with Crippen molar-refractivity contribution in [3.8, 4) is 0 Å². The molecule has 0 radical (unpaired) electrons. The van der Waals surface area contributed by atoms with E-state index in [2.05, 4.69) is 19.9 Å². The average molecular weight is 949 g/mol. The van der Waals surface area contributed by atoms with E-state index in [1.54, 1.807) is 0 Å². The summed E-state index contributed by atoms with van der Waals surface area (Å²) < 4.78 is 33.6. The van der Waals surface area contributed by atoms with Crippen LogP contribution in [0.3, 0.4) is 0 Å². The van der Waals surface area contributed by atoms with Crippen molar-refractivity contribution in [3.05, 3.63) is 12.2 Å². The highest BCUT2D eigenvalue weighted by molar-refractivity contribution is 7.47. The molecule has 0 aromatic carbocycles. The number of phosphoric acid groups is 1. The third-order valence-electron chi connectivity index (χ3n) is 12.6. The number of aliphatic hydroxyl groups excluding tert-OH is 5. The predicted molar refractivity (Wildman–Crippen MR) is 258 cm³/mol. The number of phosphoric ester groups is 1. The Morgan fingerprint density at radius 1 is 0.462 bits per heavy atom. The van der Waals surface area contributed by atoms with E-state index in [1.807, 2.05) is 6.08 Å². The minimum Gasteiger partial charge on any atom is -0.462 e. The van der Waals surface area contributed by atoms with Crippen molar-refractivity contribution >= 4 is 19.8 Å². The van der Waals surface area contributed by atoms with Crippen LogP contribution in [0.2, 0.25) is 0 Å². The van der Waals surface area contributed by atoms with Crippen molar-refractivity contribution in [3.63, 3.8) is 0 Å². The first-order chi connectivity index (χ1) is 31.4. The number of ether oxygens (including phenoxy) is 2. The van der Waals surface area contributed by atoms with E-state index in [9.17, 15) is 44.6 Å². The fourth-order valence-electron chi connectivity index (χ4n) is 8.37. The molecule has 1 aliphatic rings. The molecule has 1 rings (SSSR count). The molecular formula is C51H97O13P. The SMILES string of the molecule is CCCCCCCCCCCCC/C=C/CCC(=O)OC[C@H](COP(=O)(O)OC1C(O)C(O)C(O)[C@@H](O)C1O)OC(=O)CCCCCCCCCCCCCCCCCCCCCCC. The van der Waals surface area contributed by atoms with Gasteiger partial charge in [0.15, 0.2) is 6.10 Å². The molecule has 14 heteroatoms. The average Bonchev–Trinajstić information content (AvgIpc) is 3.29. The second-order valence-corrected chi connectivity index (χ2v) is 20.1. The number of hydrogen-bond acceptors (Lipinski definition) is 12. The van der Waals surface area contributed by atoms with Crippen LogP contribution in [0.4, 0.5) is 0 Å². The van der Waals surface area contributed by atoms with Crippen LogP contribution in [0.5, 0.6) is 0 Å². The zero-order valence-electron chi connectivity index (χ0n) is 41.1. The van der Waals surface area contributed by atoms with Crippen molar-refractivity contribution in [2.75, 3.05) is 13.2 Å². The van der Waals surface area contributed by atoms with Crippen LogP contribution < -0.4 is 0 Å². The fourth-order valence-corrected chi connectivity index (χ4v) is 9.34. The number of esters is 2. The smallest absolute Gasteiger partial charge is 0.462 e. The van der Waals surface area contributed by atoms with E-state index >= 15 is 0 Å². The van der Waals surface area contributed by atoms with Gasteiger partial charge in [-0.25, -0.2) is 4.57 Å². The van der Waals surface area contributed by atoms with Crippen molar-refractivity contribution < 1.29 is 63.1 Å².